The molecular weight excluding hydrogens is 246 g/mol. The molecule has 2 N–H and O–H groups in total. The Morgan fingerprint density at radius 3 is 2.68 bits per heavy atom. The number of anilines is 1. The summed E-state index contributed by atoms with van der Waals surface area (Å²) in [5, 5.41) is 11.5. The third-order valence-electron chi connectivity index (χ3n) is 2.38. The number of pyridine rings is 2. The Morgan fingerprint density at radius 1 is 1.21 bits per heavy atom. The maximum atomic E-state index is 12.0. The molecule has 0 atom stereocenters. The highest BCUT2D eigenvalue weighted by molar-refractivity contribution is 6.08. The minimum absolute atomic E-state index is 0.140. The first kappa shape index (κ1) is 12.7. The zero-order valence-electron chi connectivity index (χ0n) is 10.1. The zero-order chi connectivity index (χ0) is 13.8. The van der Waals surface area contributed by atoms with E-state index in [0.29, 0.717) is 5.82 Å². The van der Waals surface area contributed by atoms with Crippen LogP contribution in [0.5, 0.6) is 0 Å². The van der Waals surface area contributed by atoms with Gasteiger partial charge in [0, 0.05) is 11.9 Å². The minimum atomic E-state index is -1.20. The summed E-state index contributed by atoms with van der Waals surface area (Å²) in [6.45, 7) is 1.79. The van der Waals surface area contributed by atoms with Gasteiger partial charge in [0.15, 0.2) is 0 Å². The summed E-state index contributed by atoms with van der Waals surface area (Å²) in [5.74, 6) is -1.45. The topological polar surface area (TPSA) is 92.2 Å². The van der Waals surface area contributed by atoms with Gasteiger partial charge in [-0.05, 0) is 31.2 Å². The van der Waals surface area contributed by atoms with Crippen molar-refractivity contribution in [2.75, 3.05) is 5.32 Å². The molecule has 6 heteroatoms. The van der Waals surface area contributed by atoms with Crippen LogP contribution in [0, 0.1) is 6.92 Å². The molecule has 2 aromatic rings. The van der Waals surface area contributed by atoms with Gasteiger partial charge in [-0.15, -0.1) is 0 Å². The molecule has 0 saturated heterocycles. The summed E-state index contributed by atoms with van der Waals surface area (Å²) < 4.78 is 0. The molecule has 19 heavy (non-hydrogen) atoms. The summed E-state index contributed by atoms with van der Waals surface area (Å²) in [7, 11) is 0. The van der Waals surface area contributed by atoms with E-state index in [0.717, 1.165) is 5.69 Å². The summed E-state index contributed by atoms with van der Waals surface area (Å²) in [6, 6.07) is 7.95. The molecule has 0 bridgehead atoms. The van der Waals surface area contributed by atoms with Gasteiger partial charge in [0.2, 0.25) is 0 Å². The van der Waals surface area contributed by atoms with Crippen molar-refractivity contribution in [3.63, 3.8) is 0 Å². The zero-order valence-corrected chi connectivity index (χ0v) is 10.1. The number of carboxylic acids is 1. The molecule has 2 aromatic heterocycles. The average Bonchev–Trinajstić information content (AvgIpc) is 2.38. The Balaban J connectivity index is 2.28. The summed E-state index contributed by atoms with van der Waals surface area (Å²) in [5.41, 5.74) is 0.461. The molecular formula is C13H11N3O3. The highest BCUT2D eigenvalue weighted by Gasteiger charge is 2.17. The van der Waals surface area contributed by atoms with Crippen LogP contribution in [-0.2, 0) is 0 Å². The number of nitrogens with one attached hydrogen (secondary N) is 1. The fourth-order valence-electron chi connectivity index (χ4n) is 1.55. The monoisotopic (exact) mass is 257 g/mol. The molecule has 0 aromatic carbocycles. The third-order valence-corrected chi connectivity index (χ3v) is 2.38. The number of rotatable bonds is 3. The van der Waals surface area contributed by atoms with E-state index in [-0.39, 0.29) is 11.3 Å². The fraction of sp³-hybridized carbons (Fsp3) is 0.0769. The van der Waals surface area contributed by atoms with Crippen molar-refractivity contribution in [1.29, 1.82) is 0 Å². The van der Waals surface area contributed by atoms with Crippen LogP contribution in [0.15, 0.2) is 36.5 Å². The Labute approximate surface area is 109 Å². The normalized spacial score (nSPS) is 9.95. The maximum absolute atomic E-state index is 12.0. The van der Waals surface area contributed by atoms with Crippen molar-refractivity contribution in [1.82, 2.24) is 9.97 Å². The van der Waals surface area contributed by atoms with Crippen LogP contribution >= 0.6 is 0 Å². The summed E-state index contributed by atoms with van der Waals surface area (Å²) in [6.07, 6.45) is 1.37. The van der Waals surface area contributed by atoms with Crippen molar-refractivity contribution in [3.05, 3.63) is 53.5 Å². The van der Waals surface area contributed by atoms with Gasteiger partial charge < -0.3 is 10.4 Å². The van der Waals surface area contributed by atoms with E-state index >= 15 is 0 Å². The second-order valence-corrected chi connectivity index (χ2v) is 3.82. The lowest BCUT2D eigenvalue weighted by atomic mass is 10.2. The number of aromatic nitrogens is 2. The van der Waals surface area contributed by atoms with Crippen LogP contribution in [-0.4, -0.2) is 27.0 Å². The van der Waals surface area contributed by atoms with E-state index in [9.17, 15) is 9.59 Å². The van der Waals surface area contributed by atoms with E-state index in [1.807, 2.05) is 0 Å². The predicted octanol–water partition coefficient (Wildman–Crippen LogP) is 1.74. The van der Waals surface area contributed by atoms with Gasteiger partial charge >= 0.3 is 5.97 Å². The molecule has 0 aliphatic carbocycles. The van der Waals surface area contributed by atoms with E-state index in [2.05, 4.69) is 15.3 Å². The first-order valence-corrected chi connectivity index (χ1v) is 5.51. The number of hydrogen-bond acceptors (Lipinski definition) is 4. The Bertz CT molecular complexity index is 641. The first-order valence-electron chi connectivity index (χ1n) is 5.51. The molecule has 0 aliphatic heterocycles. The van der Waals surface area contributed by atoms with Gasteiger partial charge in [-0.3, -0.25) is 9.78 Å². The highest BCUT2D eigenvalue weighted by Crippen LogP contribution is 2.09. The second kappa shape index (κ2) is 5.26. The largest absolute Gasteiger partial charge is 0.478 e. The van der Waals surface area contributed by atoms with Crippen molar-refractivity contribution >= 4 is 17.7 Å². The quantitative estimate of drug-likeness (QED) is 0.873. The minimum Gasteiger partial charge on any atom is -0.478 e. The summed E-state index contributed by atoms with van der Waals surface area (Å²) in [4.78, 5) is 30.9. The Kier molecular flexibility index (Phi) is 3.51. The van der Waals surface area contributed by atoms with Crippen LogP contribution in [0.1, 0.15) is 26.5 Å². The number of amides is 1. The van der Waals surface area contributed by atoms with Crippen LogP contribution in [0.25, 0.3) is 0 Å². The SMILES string of the molecule is Cc1cccc(NC(=O)c2ncccc2C(=O)O)n1. The third kappa shape index (κ3) is 2.92. The second-order valence-electron chi connectivity index (χ2n) is 3.82. The molecule has 0 saturated carbocycles. The smallest absolute Gasteiger partial charge is 0.338 e. The van der Waals surface area contributed by atoms with Gasteiger partial charge in [0.25, 0.3) is 5.91 Å². The molecule has 6 nitrogen and oxygen atoms in total. The average molecular weight is 257 g/mol. The van der Waals surface area contributed by atoms with E-state index in [4.69, 9.17) is 5.11 Å². The Hall–Kier alpha value is -2.76. The van der Waals surface area contributed by atoms with Gasteiger partial charge in [-0.2, -0.15) is 0 Å². The standard InChI is InChI=1S/C13H11N3O3/c1-8-4-2-6-10(15-8)16-12(17)11-9(13(18)19)5-3-7-14-11/h2-7H,1H3,(H,18,19)(H,15,16,17). The predicted molar refractivity (Wildman–Crippen MR) is 68.1 cm³/mol. The lowest BCUT2D eigenvalue weighted by molar-refractivity contribution is 0.0691. The number of aryl methyl sites for hydroxylation is 1. The number of carboxylic acid groups (broad SMARTS) is 1. The number of carbonyl (C=O) groups is 2. The molecule has 0 spiro atoms. The van der Waals surface area contributed by atoms with Gasteiger partial charge in [0.1, 0.15) is 11.5 Å². The van der Waals surface area contributed by atoms with E-state index in [1.54, 1.807) is 25.1 Å². The van der Waals surface area contributed by atoms with E-state index in [1.165, 1.54) is 18.3 Å². The van der Waals surface area contributed by atoms with Crippen LogP contribution in [0.2, 0.25) is 0 Å². The summed E-state index contributed by atoms with van der Waals surface area (Å²) >= 11 is 0. The molecule has 96 valence electrons. The lowest BCUT2D eigenvalue weighted by Gasteiger charge is -2.06. The highest BCUT2D eigenvalue weighted by atomic mass is 16.4. The molecule has 0 fully saturated rings. The molecule has 1 amide bonds. The van der Waals surface area contributed by atoms with Gasteiger partial charge in [-0.25, -0.2) is 9.78 Å². The first-order chi connectivity index (χ1) is 9.08. The van der Waals surface area contributed by atoms with Crippen LogP contribution < -0.4 is 5.32 Å². The van der Waals surface area contributed by atoms with Crippen molar-refractivity contribution in [2.45, 2.75) is 6.92 Å². The molecule has 2 heterocycles. The van der Waals surface area contributed by atoms with Crippen molar-refractivity contribution < 1.29 is 14.7 Å². The van der Waals surface area contributed by atoms with Gasteiger partial charge in [0.05, 0.1) is 5.56 Å². The Morgan fingerprint density at radius 2 is 2.00 bits per heavy atom. The van der Waals surface area contributed by atoms with E-state index < -0.39 is 11.9 Å². The molecule has 0 aliphatic rings. The van der Waals surface area contributed by atoms with Crippen molar-refractivity contribution in [2.24, 2.45) is 0 Å². The van der Waals surface area contributed by atoms with Crippen LogP contribution in [0.3, 0.4) is 0 Å². The number of nitrogens with zero attached hydrogens (tertiary/aromatic N) is 2. The maximum Gasteiger partial charge on any atom is 0.338 e. The van der Waals surface area contributed by atoms with Crippen molar-refractivity contribution in [3.8, 4) is 0 Å². The number of aromatic carboxylic acids is 1. The lowest BCUT2D eigenvalue weighted by Crippen LogP contribution is -2.18. The van der Waals surface area contributed by atoms with Gasteiger partial charge in [-0.1, -0.05) is 6.07 Å². The number of hydrogen-bond donors (Lipinski definition) is 2. The molecule has 0 radical (unpaired) electrons. The number of carbonyl (C=O) groups excluding carboxylic acids is 1. The van der Waals surface area contributed by atoms with Crippen LogP contribution in [0.4, 0.5) is 5.82 Å². The fourth-order valence-corrected chi connectivity index (χ4v) is 1.55. The molecule has 0 unspecified atom stereocenters. The molecule has 2 rings (SSSR count).